The number of carbonyl (C=O) groups excluding carboxylic acids is 1. The fourth-order valence-corrected chi connectivity index (χ4v) is 1.69. The van der Waals surface area contributed by atoms with Crippen molar-refractivity contribution in [1.29, 1.82) is 0 Å². The minimum absolute atomic E-state index is 0.253. The molecular formula is C11H8IN3O. The van der Waals surface area contributed by atoms with E-state index in [0.29, 0.717) is 5.69 Å². The fraction of sp³-hybridized carbons (Fsp3) is 0. The molecular weight excluding hydrogens is 317 g/mol. The van der Waals surface area contributed by atoms with E-state index in [1.165, 1.54) is 18.6 Å². The molecule has 16 heavy (non-hydrogen) atoms. The van der Waals surface area contributed by atoms with Crippen LogP contribution in [-0.4, -0.2) is 15.9 Å². The standard InChI is InChI=1S/C11H8IN3O/c12-8-3-1-2-4-9(8)15-11(16)10-7-13-5-6-14-10/h1-7H,(H,15,16). The number of hydrogen-bond donors (Lipinski definition) is 1. The highest BCUT2D eigenvalue weighted by molar-refractivity contribution is 14.1. The van der Waals surface area contributed by atoms with Crippen LogP contribution >= 0.6 is 22.6 Å². The van der Waals surface area contributed by atoms with Gasteiger partial charge < -0.3 is 5.32 Å². The third-order valence-corrected chi connectivity index (χ3v) is 2.86. The molecule has 4 nitrogen and oxygen atoms in total. The third-order valence-electron chi connectivity index (χ3n) is 1.92. The largest absolute Gasteiger partial charge is 0.320 e. The van der Waals surface area contributed by atoms with Crippen LogP contribution in [0.5, 0.6) is 0 Å². The number of rotatable bonds is 2. The van der Waals surface area contributed by atoms with Crippen LogP contribution in [0.1, 0.15) is 10.5 Å². The quantitative estimate of drug-likeness (QED) is 0.863. The highest BCUT2D eigenvalue weighted by Crippen LogP contribution is 2.17. The van der Waals surface area contributed by atoms with Crippen LogP contribution < -0.4 is 5.32 Å². The molecule has 0 aliphatic rings. The number of carbonyl (C=O) groups is 1. The van der Waals surface area contributed by atoms with Gasteiger partial charge in [-0.3, -0.25) is 9.78 Å². The van der Waals surface area contributed by atoms with Crippen LogP contribution in [0.2, 0.25) is 0 Å². The van der Waals surface area contributed by atoms with E-state index in [4.69, 9.17) is 0 Å². The number of anilines is 1. The van der Waals surface area contributed by atoms with Gasteiger partial charge in [0.2, 0.25) is 0 Å². The third kappa shape index (κ3) is 2.54. The first kappa shape index (κ1) is 11.0. The maximum absolute atomic E-state index is 11.7. The monoisotopic (exact) mass is 325 g/mol. The van der Waals surface area contributed by atoms with Crippen molar-refractivity contribution in [3.63, 3.8) is 0 Å². The molecule has 0 saturated carbocycles. The molecule has 80 valence electrons. The van der Waals surface area contributed by atoms with Crippen molar-refractivity contribution in [2.45, 2.75) is 0 Å². The second-order valence-corrected chi connectivity index (χ2v) is 4.19. The summed E-state index contributed by atoms with van der Waals surface area (Å²) in [6, 6.07) is 7.55. The van der Waals surface area contributed by atoms with Gasteiger partial charge >= 0.3 is 0 Å². The summed E-state index contributed by atoms with van der Waals surface area (Å²) in [6.07, 6.45) is 4.46. The Morgan fingerprint density at radius 3 is 2.75 bits per heavy atom. The van der Waals surface area contributed by atoms with Gasteiger partial charge in [0.25, 0.3) is 5.91 Å². The molecule has 2 rings (SSSR count). The molecule has 0 fully saturated rings. The molecule has 1 aromatic carbocycles. The molecule has 1 N–H and O–H groups in total. The lowest BCUT2D eigenvalue weighted by Gasteiger charge is -2.05. The average Bonchev–Trinajstić information content (AvgIpc) is 2.33. The smallest absolute Gasteiger partial charge is 0.275 e. The van der Waals surface area contributed by atoms with Gasteiger partial charge in [0, 0.05) is 16.0 Å². The molecule has 0 saturated heterocycles. The zero-order valence-electron chi connectivity index (χ0n) is 8.22. The number of amides is 1. The number of hydrogen-bond acceptors (Lipinski definition) is 3. The Bertz CT molecular complexity index is 502. The van der Waals surface area contributed by atoms with Crippen molar-refractivity contribution in [1.82, 2.24) is 9.97 Å². The van der Waals surface area contributed by atoms with Crippen LogP contribution in [0, 0.1) is 3.57 Å². The molecule has 0 atom stereocenters. The van der Waals surface area contributed by atoms with Crippen molar-refractivity contribution < 1.29 is 4.79 Å². The number of nitrogens with one attached hydrogen (secondary N) is 1. The Balaban J connectivity index is 2.18. The second kappa shape index (κ2) is 5.02. The topological polar surface area (TPSA) is 54.9 Å². The lowest BCUT2D eigenvalue weighted by molar-refractivity contribution is 0.102. The van der Waals surface area contributed by atoms with Crippen LogP contribution in [0.3, 0.4) is 0 Å². The van der Waals surface area contributed by atoms with Crippen LogP contribution in [0.15, 0.2) is 42.9 Å². The molecule has 1 amide bonds. The molecule has 0 spiro atoms. The summed E-state index contributed by atoms with van der Waals surface area (Å²) in [4.78, 5) is 19.5. The van der Waals surface area contributed by atoms with Crippen LogP contribution in [0.25, 0.3) is 0 Å². The Labute approximate surface area is 106 Å². The first-order chi connectivity index (χ1) is 7.77. The van der Waals surface area contributed by atoms with E-state index >= 15 is 0 Å². The van der Waals surface area contributed by atoms with Gasteiger partial charge in [-0.05, 0) is 34.7 Å². The van der Waals surface area contributed by atoms with Gasteiger partial charge in [0.15, 0.2) is 0 Å². The first-order valence-electron chi connectivity index (χ1n) is 4.59. The van der Waals surface area contributed by atoms with Gasteiger partial charge in [-0.1, -0.05) is 12.1 Å². The van der Waals surface area contributed by atoms with Crippen molar-refractivity contribution in [2.75, 3.05) is 5.32 Å². The minimum Gasteiger partial charge on any atom is -0.320 e. The lowest BCUT2D eigenvalue weighted by Crippen LogP contribution is -2.14. The highest BCUT2D eigenvalue weighted by atomic mass is 127. The minimum atomic E-state index is -0.253. The molecule has 1 aromatic heterocycles. The van der Waals surface area contributed by atoms with Crippen LogP contribution in [-0.2, 0) is 0 Å². The number of benzene rings is 1. The van der Waals surface area contributed by atoms with Crippen molar-refractivity contribution in [2.24, 2.45) is 0 Å². The predicted octanol–water partition coefficient (Wildman–Crippen LogP) is 2.33. The summed E-state index contributed by atoms with van der Waals surface area (Å²) in [6.45, 7) is 0. The van der Waals surface area contributed by atoms with E-state index in [2.05, 4.69) is 37.9 Å². The van der Waals surface area contributed by atoms with E-state index < -0.39 is 0 Å². The van der Waals surface area contributed by atoms with Gasteiger partial charge in [0.1, 0.15) is 5.69 Å². The van der Waals surface area contributed by atoms with E-state index in [1.807, 2.05) is 24.3 Å². The van der Waals surface area contributed by atoms with Crippen molar-refractivity contribution >= 4 is 34.2 Å². The van der Waals surface area contributed by atoms with Crippen LogP contribution in [0.4, 0.5) is 5.69 Å². The molecule has 0 unspecified atom stereocenters. The number of para-hydroxylation sites is 1. The Kier molecular flexibility index (Phi) is 3.45. The molecule has 5 heteroatoms. The second-order valence-electron chi connectivity index (χ2n) is 3.02. The maximum Gasteiger partial charge on any atom is 0.275 e. The van der Waals surface area contributed by atoms with E-state index in [-0.39, 0.29) is 5.91 Å². The normalized spacial score (nSPS) is 9.81. The molecule has 0 aliphatic carbocycles. The van der Waals surface area contributed by atoms with E-state index in [0.717, 1.165) is 9.26 Å². The maximum atomic E-state index is 11.7. The first-order valence-corrected chi connectivity index (χ1v) is 5.67. The van der Waals surface area contributed by atoms with Crippen molar-refractivity contribution in [3.05, 3.63) is 52.1 Å². The van der Waals surface area contributed by atoms with Crippen molar-refractivity contribution in [3.8, 4) is 0 Å². The predicted molar refractivity (Wildman–Crippen MR) is 69.1 cm³/mol. The molecule has 0 bridgehead atoms. The summed E-state index contributed by atoms with van der Waals surface area (Å²) in [5, 5.41) is 2.78. The summed E-state index contributed by atoms with van der Waals surface area (Å²) >= 11 is 2.16. The summed E-state index contributed by atoms with van der Waals surface area (Å²) in [7, 11) is 0. The van der Waals surface area contributed by atoms with Gasteiger partial charge in [-0.25, -0.2) is 4.98 Å². The summed E-state index contributed by atoms with van der Waals surface area (Å²) in [5.74, 6) is -0.253. The number of halogens is 1. The molecule has 0 radical (unpaired) electrons. The summed E-state index contributed by atoms with van der Waals surface area (Å²) in [5.41, 5.74) is 1.08. The summed E-state index contributed by atoms with van der Waals surface area (Å²) < 4.78 is 0.984. The fourth-order valence-electron chi connectivity index (χ4n) is 1.17. The zero-order valence-corrected chi connectivity index (χ0v) is 10.4. The highest BCUT2D eigenvalue weighted by Gasteiger charge is 2.08. The van der Waals surface area contributed by atoms with Gasteiger partial charge in [-0.2, -0.15) is 0 Å². The van der Waals surface area contributed by atoms with Gasteiger partial charge in [0.05, 0.1) is 11.9 Å². The number of aromatic nitrogens is 2. The van der Waals surface area contributed by atoms with E-state index in [1.54, 1.807) is 0 Å². The van der Waals surface area contributed by atoms with Gasteiger partial charge in [-0.15, -0.1) is 0 Å². The number of nitrogens with zero attached hydrogens (tertiary/aromatic N) is 2. The molecule has 0 aliphatic heterocycles. The average molecular weight is 325 g/mol. The molecule has 1 heterocycles. The lowest BCUT2D eigenvalue weighted by atomic mass is 10.3. The van der Waals surface area contributed by atoms with E-state index in [9.17, 15) is 4.79 Å². The molecule has 2 aromatic rings. The Morgan fingerprint density at radius 1 is 1.25 bits per heavy atom. The zero-order chi connectivity index (χ0) is 11.4. The SMILES string of the molecule is O=C(Nc1ccccc1I)c1cnccn1. The Morgan fingerprint density at radius 2 is 2.06 bits per heavy atom. The Hall–Kier alpha value is -1.50.